The molecule has 2 saturated heterocycles. The molecule has 1 aliphatic carbocycles. The van der Waals surface area contributed by atoms with E-state index in [4.69, 9.17) is 56.8 Å². The van der Waals surface area contributed by atoms with Gasteiger partial charge in [0.15, 0.2) is 36.0 Å². The van der Waals surface area contributed by atoms with Gasteiger partial charge in [0.05, 0.1) is 11.1 Å². The molecule has 2 aliphatic heterocycles. The lowest BCUT2D eigenvalue weighted by Crippen LogP contribution is -2.63. The molecule has 2 aromatic rings. The maximum Gasteiger partial charge on any atom is 0.303 e. The first-order valence-electron chi connectivity index (χ1n) is 19.5. The molecule has 5 rings (SSSR count). The highest BCUT2D eigenvalue weighted by Gasteiger charge is 2.55. The second-order valence-corrected chi connectivity index (χ2v) is 14.4. The fourth-order valence-corrected chi connectivity index (χ4v) is 7.18. The Morgan fingerprint density at radius 1 is 0.422 bits per heavy atom. The van der Waals surface area contributed by atoms with Gasteiger partial charge in [-0.3, -0.25) is 47.9 Å². The lowest BCUT2D eigenvalue weighted by molar-refractivity contribution is -0.289. The predicted molar refractivity (Wildman–Crippen MR) is 205 cm³/mol. The Morgan fingerprint density at radius 2 is 0.719 bits per heavy atom. The lowest BCUT2D eigenvalue weighted by atomic mass is 9.83. The summed E-state index contributed by atoms with van der Waals surface area (Å²) in [7, 11) is 0. The van der Waals surface area contributed by atoms with Crippen molar-refractivity contribution in [1.82, 2.24) is 0 Å². The quantitative estimate of drug-likeness (QED) is 0.163. The Labute approximate surface area is 363 Å². The van der Waals surface area contributed by atoms with E-state index in [1.54, 1.807) is 0 Å². The van der Waals surface area contributed by atoms with Gasteiger partial charge < -0.3 is 56.8 Å². The Kier molecular flexibility index (Phi) is 15.4. The Bertz CT molecular complexity index is 2060. The van der Waals surface area contributed by atoms with Gasteiger partial charge in [0.1, 0.15) is 36.9 Å². The second-order valence-electron chi connectivity index (χ2n) is 14.4. The van der Waals surface area contributed by atoms with E-state index in [9.17, 15) is 47.9 Å². The summed E-state index contributed by atoms with van der Waals surface area (Å²) < 4.78 is 67.8. The third-order valence-corrected chi connectivity index (χ3v) is 9.38. The van der Waals surface area contributed by atoms with Crippen LogP contribution < -0.4 is 9.47 Å². The van der Waals surface area contributed by atoms with Crippen molar-refractivity contribution in [3.05, 3.63) is 58.7 Å². The van der Waals surface area contributed by atoms with E-state index in [-0.39, 0.29) is 11.1 Å². The van der Waals surface area contributed by atoms with Gasteiger partial charge in [-0.05, 0) is 12.1 Å². The number of carbonyl (C=O) groups excluding carboxylic acids is 10. The van der Waals surface area contributed by atoms with Crippen LogP contribution in [0.3, 0.4) is 0 Å². The van der Waals surface area contributed by atoms with E-state index in [0.717, 1.165) is 67.5 Å². The van der Waals surface area contributed by atoms with Crippen LogP contribution in [0.5, 0.6) is 11.5 Å². The smallest absolute Gasteiger partial charge is 0.303 e. The fraction of sp³-hybridized carbons (Fsp3) is 0.476. The van der Waals surface area contributed by atoms with E-state index in [1.165, 1.54) is 24.3 Å². The molecule has 0 spiro atoms. The number of hydrogen-bond acceptors (Lipinski definition) is 22. The molecule has 10 atom stereocenters. The third-order valence-electron chi connectivity index (χ3n) is 9.38. The summed E-state index contributed by atoms with van der Waals surface area (Å²) in [6.45, 7) is 7.08. The van der Waals surface area contributed by atoms with Crippen LogP contribution in [0.25, 0.3) is 0 Å². The highest BCUT2D eigenvalue weighted by Crippen LogP contribution is 2.42. The maximum atomic E-state index is 14.5. The summed E-state index contributed by atoms with van der Waals surface area (Å²) in [5.74, 6) is -9.51. The molecular formula is C42H44O22. The summed E-state index contributed by atoms with van der Waals surface area (Å²) in [5.41, 5.74) is -1.09. The minimum absolute atomic E-state index is 0.0872. The number of benzene rings is 2. The molecule has 0 unspecified atom stereocenters. The Balaban J connectivity index is 1.67. The molecule has 0 radical (unpaired) electrons. The first kappa shape index (κ1) is 48.1. The Hall–Kier alpha value is -6.94. The predicted octanol–water partition coefficient (Wildman–Crippen LogP) is 1.39. The topological polar surface area (TPSA) is 281 Å². The molecule has 2 heterocycles. The van der Waals surface area contributed by atoms with Crippen molar-refractivity contribution in [1.29, 1.82) is 0 Å². The summed E-state index contributed by atoms with van der Waals surface area (Å²) in [5, 5.41) is 0. The average molecular weight is 901 g/mol. The van der Waals surface area contributed by atoms with Gasteiger partial charge in [-0.1, -0.05) is 24.3 Å². The van der Waals surface area contributed by atoms with Crippen LogP contribution in [0.4, 0.5) is 0 Å². The van der Waals surface area contributed by atoms with Crippen LogP contribution >= 0.6 is 0 Å². The van der Waals surface area contributed by atoms with Crippen molar-refractivity contribution < 1.29 is 105 Å². The van der Waals surface area contributed by atoms with E-state index < -0.39 is 157 Å². The summed E-state index contributed by atoms with van der Waals surface area (Å²) in [6.07, 6.45) is -16.5. The fourth-order valence-electron chi connectivity index (χ4n) is 7.18. The molecule has 2 aromatic carbocycles. The molecule has 22 heteroatoms. The van der Waals surface area contributed by atoms with E-state index in [0.29, 0.717) is 0 Å². The van der Waals surface area contributed by atoms with Gasteiger partial charge in [0, 0.05) is 66.5 Å². The molecule has 0 aromatic heterocycles. The normalized spacial score (nSPS) is 25.8. The third kappa shape index (κ3) is 11.4. The zero-order valence-corrected chi connectivity index (χ0v) is 35.6. The zero-order chi connectivity index (χ0) is 47.2. The SMILES string of the molecule is CC(=O)OC[C@H]1O[C@@H](Oc2ccc(O[C@@H]3O[C@H](COC(C)=O)[C@@H](OC(C)=O)[C@H](OC(C)=O)[C@H]3OC(C)=O)c3c2C(=O)c2ccccc2C3=O)[C@H](OC(C)=O)[C@@H](OC(C)=O)[C@@H]1OC(C)=O. The van der Waals surface area contributed by atoms with Gasteiger partial charge in [0.2, 0.25) is 24.8 Å². The lowest BCUT2D eigenvalue weighted by Gasteiger charge is -2.44. The van der Waals surface area contributed by atoms with Crippen molar-refractivity contribution in [3.63, 3.8) is 0 Å². The molecule has 3 aliphatic rings. The largest absolute Gasteiger partial charge is 0.463 e. The van der Waals surface area contributed by atoms with Gasteiger partial charge in [-0.2, -0.15) is 0 Å². The molecule has 344 valence electrons. The van der Waals surface area contributed by atoms with Crippen molar-refractivity contribution in [2.24, 2.45) is 0 Å². The van der Waals surface area contributed by atoms with Gasteiger partial charge in [0.25, 0.3) is 0 Å². The standard InChI is InChI=1S/C42H44O22/c1-17(43)53-15-29-35(55-19(3)45)37(57-21(5)47)39(59-23(7)49)41(63-29)61-27-13-14-28(32-31(27)33(51)25-11-9-10-12-26(25)34(32)52)62-42-40(60-24(8)50)38(58-22(6)48)36(56-20(4)46)30(64-42)16-54-18(2)44/h9-14,29-30,35-42H,15-16H2,1-8H3/t29-,30-,35-,36-,37+,38+,39-,40-,41-,42-/m1/s1. The molecule has 2 fully saturated rings. The van der Waals surface area contributed by atoms with Crippen molar-refractivity contribution in [2.75, 3.05) is 13.2 Å². The first-order valence-corrected chi connectivity index (χ1v) is 19.5. The van der Waals surface area contributed by atoms with Crippen molar-refractivity contribution in [3.8, 4) is 11.5 Å². The summed E-state index contributed by atoms with van der Waals surface area (Å²) in [4.78, 5) is 127. The highest BCUT2D eigenvalue weighted by molar-refractivity contribution is 6.30. The average Bonchev–Trinajstić information content (AvgIpc) is 3.19. The number of rotatable bonds is 14. The number of esters is 8. The number of ether oxygens (including phenoxy) is 12. The van der Waals surface area contributed by atoms with E-state index >= 15 is 0 Å². The van der Waals surface area contributed by atoms with Crippen LogP contribution in [-0.2, 0) is 85.7 Å². The van der Waals surface area contributed by atoms with Crippen molar-refractivity contribution in [2.45, 2.75) is 117 Å². The minimum Gasteiger partial charge on any atom is -0.463 e. The minimum atomic E-state index is -1.85. The number of ketones is 2. The monoisotopic (exact) mass is 900 g/mol. The first-order chi connectivity index (χ1) is 30.2. The van der Waals surface area contributed by atoms with Crippen LogP contribution in [0.15, 0.2) is 36.4 Å². The van der Waals surface area contributed by atoms with Crippen molar-refractivity contribution >= 4 is 59.3 Å². The highest BCUT2D eigenvalue weighted by atomic mass is 16.7. The van der Waals surface area contributed by atoms with Crippen LogP contribution in [0.2, 0.25) is 0 Å². The van der Waals surface area contributed by atoms with Gasteiger partial charge in [-0.25, -0.2) is 0 Å². The molecule has 22 nitrogen and oxygen atoms in total. The second kappa shape index (κ2) is 20.5. The molecule has 0 saturated carbocycles. The molecular weight excluding hydrogens is 856 g/mol. The maximum absolute atomic E-state index is 14.5. The van der Waals surface area contributed by atoms with E-state index in [2.05, 4.69) is 0 Å². The number of carbonyl (C=O) groups is 10. The molecule has 0 N–H and O–H groups in total. The summed E-state index contributed by atoms with van der Waals surface area (Å²) >= 11 is 0. The summed E-state index contributed by atoms with van der Waals surface area (Å²) in [6, 6.07) is 8.01. The number of fused-ring (bicyclic) bond motifs is 2. The number of hydrogen-bond donors (Lipinski definition) is 0. The molecule has 0 amide bonds. The van der Waals surface area contributed by atoms with Crippen LogP contribution in [0, 0.1) is 0 Å². The molecule has 0 bridgehead atoms. The van der Waals surface area contributed by atoms with Gasteiger partial charge >= 0.3 is 47.8 Å². The van der Waals surface area contributed by atoms with Gasteiger partial charge in [-0.15, -0.1) is 0 Å². The van der Waals surface area contributed by atoms with Crippen LogP contribution in [-0.4, -0.2) is 134 Å². The Morgan fingerprint density at radius 3 is 1.02 bits per heavy atom. The van der Waals surface area contributed by atoms with E-state index in [1.807, 2.05) is 0 Å². The zero-order valence-electron chi connectivity index (χ0n) is 35.6. The van der Waals surface area contributed by atoms with Crippen LogP contribution in [0.1, 0.15) is 87.2 Å². The molecule has 64 heavy (non-hydrogen) atoms.